The monoisotopic (exact) mass is 462 g/mol. The molecule has 2 heterocycles. The SMILES string of the molecule is COc1cc(N(C)CCN(C)C)c(N)cc1Nc1nccc(-n2c(=O)n(C)c3ccccc32)n1. The van der Waals surface area contributed by atoms with Gasteiger partial charge >= 0.3 is 5.69 Å². The number of methoxy groups -OCH3 is 1. The highest BCUT2D eigenvalue weighted by molar-refractivity contribution is 5.80. The average molecular weight is 463 g/mol. The molecular weight excluding hydrogens is 432 g/mol. The molecule has 0 amide bonds. The van der Waals surface area contributed by atoms with E-state index in [-0.39, 0.29) is 5.69 Å². The molecule has 0 spiro atoms. The molecule has 0 saturated carbocycles. The van der Waals surface area contributed by atoms with E-state index in [0.29, 0.717) is 28.9 Å². The largest absolute Gasteiger partial charge is 0.494 e. The van der Waals surface area contributed by atoms with Crippen LogP contribution < -0.4 is 26.4 Å². The molecule has 178 valence electrons. The van der Waals surface area contributed by atoms with Gasteiger partial charge in [-0.25, -0.2) is 14.3 Å². The fraction of sp³-hybridized carbons (Fsp3) is 0.292. The third-order valence-corrected chi connectivity index (χ3v) is 5.72. The second kappa shape index (κ2) is 9.44. The molecule has 2 aromatic carbocycles. The van der Waals surface area contributed by atoms with Crippen LogP contribution in [0.25, 0.3) is 16.9 Å². The van der Waals surface area contributed by atoms with Gasteiger partial charge < -0.3 is 25.6 Å². The van der Waals surface area contributed by atoms with Crippen molar-refractivity contribution in [3.63, 3.8) is 0 Å². The Bertz CT molecular complexity index is 1380. The number of rotatable bonds is 8. The second-order valence-corrected chi connectivity index (χ2v) is 8.37. The van der Waals surface area contributed by atoms with Crippen molar-refractivity contribution in [3.05, 3.63) is 59.1 Å². The molecule has 4 aromatic rings. The molecule has 4 rings (SSSR count). The molecule has 0 aliphatic heterocycles. The molecule has 0 aliphatic rings. The summed E-state index contributed by atoms with van der Waals surface area (Å²) >= 11 is 0. The Labute approximate surface area is 198 Å². The number of hydrogen-bond acceptors (Lipinski definition) is 8. The molecule has 0 unspecified atom stereocenters. The van der Waals surface area contributed by atoms with Crippen LogP contribution in [0, 0.1) is 0 Å². The zero-order chi connectivity index (χ0) is 24.4. The van der Waals surface area contributed by atoms with Crippen molar-refractivity contribution < 1.29 is 4.74 Å². The van der Waals surface area contributed by atoms with E-state index in [1.165, 1.54) is 0 Å². The molecule has 34 heavy (non-hydrogen) atoms. The zero-order valence-corrected chi connectivity index (χ0v) is 20.1. The highest BCUT2D eigenvalue weighted by atomic mass is 16.5. The van der Waals surface area contributed by atoms with E-state index in [1.807, 2.05) is 51.5 Å². The van der Waals surface area contributed by atoms with Crippen molar-refractivity contribution in [2.45, 2.75) is 0 Å². The van der Waals surface area contributed by atoms with Gasteiger partial charge in [-0.05, 0) is 32.3 Å². The molecule has 0 bridgehead atoms. The number of aromatic nitrogens is 4. The van der Waals surface area contributed by atoms with Gasteiger partial charge in [0, 0.05) is 45.5 Å². The standard InChI is InChI=1S/C24H30N8O2/c1-29(2)12-13-30(3)20-15-21(34-5)17(14-16(20)25)27-23-26-11-10-22(28-23)32-19-9-7-6-8-18(19)31(4)24(32)33/h6-11,14-15H,12-13,25H2,1-5H3,(H,26,27,28). The van der Waals surface area contributed by atoms with E-state index >= 15 is 0 Å². The number of fused-ring (bicyclic) bond motifs is 1. The number of ether oxygens (including phenoxy) is 1. The van der Waals surface area contributed by atoms with Gasteiger partial charge in [0.1, 0.15) is 11.6 Å². The van der Waals surface area contributed by atoms with Gasteiger partial charge in [-0.15, -0.1) is 0 Å². The highest BCUT2D eigenvalue weighted by Crippen LogP contribution is 2.36. The molecule has 2 aromatic heterocycles. The summed E-state index contributed by atoms with van der Waals surface area (Å²) < 4.78 is 8.78. The van der Waals surface area contributed by atoms with Crippen LogP contribution in [0.2, 0.25) is 0 Å². The van der Waals surface area contributed by atoms with Gasteiger partial charge in [0.15, 0.2) is 0 Å². The lowest BCUT2D eigenvalue weighted by molar-refractivity contribution is 0.413. The first-order chi connectivity index (χ1) is 16.3. The third kappa shape index (κ3) is 4.40. The van der Waals surface area contributed by atoms with Gasteiger partial charge in [-0.2, -0.15) is 4.98 Å². The third-order valence-electron chi connectivity index (χ3n) is 5.72. The van der Waals surface area contributed by atoms with Gasteiger partial charge in [0.25, 0.3) is 0 Å². The van der Waals surface area contributed by atoms with Crippen LogP contribution >= 0.6 is 0 Å². The topological polar surface area (TPSA) is 106 Å². The molecule has 3 N–H and O–H groups in total. The minimum Gasteiger partial charge on any atom is -0.494 e. The number of nitrogen functional groups attached to an aromatic ring is 1. The molecule has 10 heteroatoms. The fourth-order valence-corrected chi connectivity index (χ4v) is 3.82. The van der Waals surface area contributed by atoms with Crippen molar-refractivity contribution in [1.82, 2.24) is 24.0 Å². The summed E-state index contributed by atoms with van der Waals surface area (Å²) in [5.41, 5.74) is 9.89. The lowest BCUT2D eigenvalue weighted by Crippen LogP contribution is -2.29. The number of anilines is 4. The molecule has 0 radical (unpaired) electrons. The van der Waals surface area contributed by atoms with Crippen molar-refractivity contribution in [1.29, 1.82) is 0 Å². The van der Waals surface area contributed by atoms with E-state index in [1.54, 1.807) is 41.6 Å². The number of nitrogens with one attached hydrogen (secondary N) is 1. The number of benzene rings is 2. The van der Waals surface area contributed by atoms with E-state index in [9.17, 15) is 4.79 Å². The van der Waals surface area contributed by atoms with Gasteiger partial charge in [0.05, 0.1) is 35.2 Å². The lowest BCUT2D eigenvalue weighted by Gasteiger charge is -2.24. The maximum atomic E-state index is 12.9. The van der Waals surface area contributed by atoms with Crippen LogP contribution in [0.3, 0.4) is 0 Å². The number of hydrogen-bond donors (Lipinski definition) is 2. The van der Waals surface area contributed by atoms with Crippen LogP contribution in [-0.2, 0) is 7.05 Å². The summed E-state index contributed by atoms with van der Waals surface area (Å²) in [5.74, 6) is 1.40. The molecule has 0 aliphatic carbocycles. The number of aryl methyl sites for hydroxylation is 1. The maximum Gasteiger partial charge on any atom is 0.334 e. The Balaban J connectivity index is 1.67. The van der Waals surface area contributed by atoms with Gasteiger partial charge in [-0.3, -0.25) is 4.57 Å². The predicted molar refractivity (Wildman–Crippen MR) is 137 cm³/mol. The minimum atomic E-state index is -0.183. The number of likely N-dealkylation sites (N-methyl/N-ethyl adjacent to an activating group) is 2. The Kier molecular flexibility index (Phi) is 6.42. The van der Waals surface area contributed by atoms with Crippen LogP contribution in [0.1, 0.15) is 0 Å². The first kappa shape index (κ1) is 23.1. The summed E-state index contributed by atoms with van der Waals surface area (Å²) in [6.45, 7) is 1.71. The predicted octanol–water partition coefficient (Wildman–Crippen LogP) is 2.45. The number of para-hydroxylation sites is 2. The van der Waals surface area contributed by atoms with Crippen LogP contribution in [0.5, 0.6) is 5.75 Å². The zero-order valence-electron chi connectivity index (χ0n) is 20.1. The first-order valence-corrected chi connectivity index (χ1v) is 10.9. The van der Waals surface area contributed by atoms with Crippen molar-refractivity contribution in [2.75, 3.05) is 57.3 Å². The van der Waals surface area contributed by atoms with Crippen molar-refractivity contribution >= 4 is 34.0 Å². The second-order valence-electron chi connectivity index (χ2n) is 8.37. The van der Waals surface area contributed by atoms with Crippen LogP contribution in [0.15, 0.2) is 53.5 Å². The Hall–Kier alpha value is -4.05. The normalized spacial score (nSPS) is 11.2. The van der Waals surface area contributed by atoms with Crippen molar-refractivity contribution in [2.24, 2.45) is 7.05 Å². The quantitative estimate of drug-likeness (QED) is 0.385. The first-order valence-electron chi connectivity index (χ1n) is 10.9. The number of imidazole rings is 1. The molecule has 0 atom stereocenters. The smallest absolute Gasteiger partial charge is 0.334 e. The number of nitrogens with two attached hydrogens (primary N) is 1. The highest BCUT2D eigenvalue weighted by Gasteiger charge is 2.16. The Morgan fingerprint density at radius 2 is 1.82 bits per heavy atom. The number of nitrogens with zero attached hydrogens (tertiary/aromatic N) is 6. The van der Waals surface area contributed by atoms with Crippen molar-refractivity contribution in [3.8, 4) is 11.6 Å². The van der Waals surface area contributed by atoms with Gasteiger partial charge in [0.2, 0.25) is 5.95 Å². The van der Waals surface area contributed by atoms with Crippen LogP contribution in [-0.4, -0.2) is 65.3 Å². The maximum absolute atomic E-state index is 12.9. The Morgan fingerprint density at radius 3 is 2.53 bits per heavy atom. The average Bonchev–Trinajstić information content (AvgIpc) is 3.08. The van der Waals surface area contributed by atoms with E-state index in [4.69, 9.17) is 10.5 Å². The molecule has 0 fully saturated rings. The summed E-state index contributed by atoms with van der Waals surface area (Å²) in [6.07, 6.45) is 1.61. The van der Waals surface area contributed by atoms with Crippen LogP contribution in [0.4, 0.5) is 23.0 Å². The molecule has 10 nitrogen and oxygen atoms in total. The molecular formula is C24H30N8O2. The fourth-order valence-electron chi connectivity index (χ4n) is 3.82. The lowest BCUT2D eigenvalue weighted by atomic mass is 10.2. The minimum absolute atomic E-state index is 0.183. The summed E-state index contributed by atoms with van der Waals surface area (Å²) in [6, 6.07) is 13.0. The van der Waals surface area contributed by atoms with Gasteiger partial charge in [-0.1, -0.05) is 12.1 Å². The summed E-state index contributed by atoms with van der Waals surface area (Å²) in [4.78, 5) is 26.0. The summed E-state index contributed by atoms with van der Waals surface area (Å²) in [7, 11) is 9.41. The Morgan fingerprint density at radius 1 is 1.09 bits per heavy atom. The van der Waals surface area contributed by atoms with E-state index in [2.05, 4.69) is 25.1 Å². The molecule has 0 saturated heterocycles. The van der Waals surface area contributed by atoms with E-state index < -0.39 is 0 Å². The van der Waals surface area contributed by atoms with E-state index in [0.717, 1.165) is 29.8 Å². The summed E-state index contributed by atoms with van der Waals surface area (Å²) in [5, 5.41) is 3.19.